The largest absolute Gasteiger partial charge is 0.444 e. The third-order valence-electron chi connectivity index (χ3n) is 4.43. The molecule has 5 heteroatoms. The predicted octanol–water partition coefficient (Wildman–Crippen LogP) is 4.39. The van der Waals surface area contributed by atoms with Crippen molar-refractivity contribution in [3.05, 3.63) is 29.3 Å². The van der Waals surface area contributed by atoms with E-state index < -0.39 is 11.7 Å². The number of hydrogen-bond donors (Lipinski definition) is 1. The van der Waals surface area contributed by atoms with Gasteiger partial charge in [-0.3, -0.25) is 4.79 Å². The first kappa shape index (κ1) is 20.3. The molecule has 0 aliphatic carbocycles. The summed E-state index contributed by atoms with van der Waals surface area (Å²) in [5.41, 5.74) is 3.12. The van der Waals surface area contributed by atoms with Crippen LogP contribution in [0.3, 0.4) is 0 Å². The molecule has 0 fully saturated rings. The third-order valence-corrected chi connectivity index (χ3v) is 4.43. The van der Waals surface area contributed by atoms with Gasteiger partial charge in [0.2, 0.25) is 5.91 Å². The molecule has 1 heterocycles. The maximum atomic E-state index is 12.6. The first-order valence-corrected chi connectivity index (χ1v) is 9.57. The Balaban J connectivity index is 1.87. The molecule has 1 aliphatic heterocycles. The number of aryl methyl sites for hydroxylation is 1. The lowest BCUT2D eigenvalue weighted by Crippen LogP contribution is -2.36. The van der Waals surface area contributed by atoms with Crippen molar-refractivity contribution < 1.29 is 14.3 Å². The normalized spacial score (nSPS) is 14.2. The molecule has 0 radical (unpaired) electrons. The second kappa shape index (κ2) is 8.56. The minimum absolute atomic E-state index is 0.120. The van der Waals surface area contributed by atoms with Gasteiger partial charge in [-0.15, -0.1) is 0 Å². The summed E-state index contributed by atoms with van der Waals surface area (Å²) >= 11 is 0. The van der Waals surface area contributed by atoms with Gasteiger partial charge in [-0.1, -0.05) is 26.0 Å². The highest BCUT2D eigenvalue weighted by Gasteiger charge is 2.23. The second-order valence-electron chi connectivity index (χ2n) is 8.22. The van der Waals surface area contributed by atoms with Crippen LogP contribution in [0.15, 0.2) is 18.2 Å². The van der Waals surface area contributed by atoms with E-state index in [1.54, 1.807) is 0 Å². The molecular weight excluding hydrogens is 328 g/mol. The molecular formula is C21H32N2O3. The topological polar surface area (TPSA) is 58.6 Å². The van der Waals surface area contributed by atoms with E-state index in [9.17, 15) is 9.59 Å². The SMILES string of the molecule is CC(C)c1ccc2c(c1)CCCN2C(=O)CCCNC(=O)OC(C)(C)C. The molecule has 5 nitrogen and oxygen atoms in total. The molecule has 1 N–H and O–H groups in total. The van der Waals surface area contributed by atoms with Crippen LogP contribution < -0.4 is 10.2 Å². The highest BCUT2D eigenvalue weighted by Crippen LogP contribution is 2.30. The van der Waals surface area contributed by atoms with Crippen LogP contribution in [-0.2, 0) is 16.0 Å². The maximum Gasteiger partial charge on any atom is 0.407 e. The molecule has 0 unspecified atom stereocenters. The van der Waals surface area contributed by atoms with Crippen LogP contribution in [0.4, 0.5) is 10.5 Å². The van der Waals surface area contributed by atoms with Crippen molar-refractivity contribution >= 4 is 17.7 Å². The summed E-state index contributed by atoms with van der Waals surface area (Å²) in [4.78, 5) is 26.2. The minimum atomic E-state index is -0.508. The van der Waals surface area contributed by atoms with Crippen LogP contribution in [-0.4, -0.2) is 30.7 Å². The van der Waals surface area contributed by atoms with Crippen molar-refractivity contribution in [2.75, 3.05) is 18.0 Å². The lowest BCUT2D eigenvalue weighted by Gasteiger charge is -2.30. The highest BCUT2D eigenvalue weighted by atomic mass is 16.6. The number of nitrogens with zero attached hydrogens (tertiary/aromatic N) is 1. The van der Waals surface area contributed by atoms with Gasteiger partial charge in [0.05, 0.1) is 0 Å². The van der Waals surface area contributed by atoms with Crippen molar-refractivity contribution in [1.29, 1.82) is 0 Å². The van der Waals surface area contributed by atoms with Gasteiger partial charge < -0.3 is 15.0 Å². The first-order valence-electron chi connectivity index (χ1n) is 9.57. The summed E-state index contributed by atoms with van der Waals surface area (Å²) in [6.45, 7) is 11.1. The van der Waals surface area contributed by atoms with E-state index in [4.69, 9.17) is 4.74 Å². The number of ether oxygens (including phenoxy) is 1. The fraction of sp³-hybridized carbons (Fsp3) is 0.619. The van der Waals surface area contributed by atoms with Crippen LogP contribution >= 0.6 is 0 Å². The molecule has 1 aromatic carbocycles. The fourth-order valence-corrected chi connectivity index (χ4v) is 3.11. The molecule has 26 heavy (non-hydrogen) atoms. The van der Waals surface area contributed by atoms with Crippen molar-refractivity contribution in [3.63, 3.8) is 0 Å². The molecule has 2 amide bonds. The zero-order valence-electron chi connectivity index (χ0n) is 16.7. The number of anilines is 1. The summed E-state index contributed by atoms with van der Waals surface area (Å²) in [5.74, 6) is 0.611. The maximum absolute atomic E-state index is 12.6. The Hall–Kier alpha value is -2.04. The van der Waals surface area contributed by atoms with Crippen LogP contribution in [0.1, 0.15) is 70.9 Å². The fourth-order valence-electron chi connectivity index (χ4n) is 3.11. The summed E-state index contributed by atoms with van der Waals surface area (Å²) in [6, 6.07) is 6.45. The summed E-state index contributed by atoms with van der Waals surface area (Å²) < 4.78 is 5.19. The summed E-state index contributed by atoms with van der Waals surface area (Å²) in [6.07, 6.45) is 2.61. The van der Waals surface area contributed by atoms with E-state index in [1.807, 2.05) is 25.7 Å². The molecule has 0 spiro atoms. The quantitative estimate of drug-likeness (QED) is 0.792. The summed E-state index contributed by atoms with van der Waals surface area (Å²) in [5, 5.41) is 2.70. The predicted molar refractivity (Wildman–Crippen MR) is 105 cm³/mol. The molecule has 1 aromatic rings. The van der Waals surface area contributed by atoms with E-state index in [0.29, 0.717) is 25.3 Å². The number of amides is 2. The van der Waals surface area contributed by atoms with E-state index in [2.05, 4.69) is 37.4 Å². The molecule has 1 aliphatic rings. The van der Waals surface area contributed by atoms with Crippen LogP contribution in [0.5, 0.6) is 0 Å². The van der Waals surface area contributed by atoms with Gasteiger partial charge in [-0.2, -0.15) is 0 Å². The smallest absolute Gasteiger partial charge is 0.407 e. The first-order chi connectivity index (χ1) is 12.2. The van der Waals surface area contributed by atoms with Gasteiger partial charge in [0.25, 0.3) is 0 Å². The Morgan fingerprint density at radius 2 is 2.00 bits per heavy atom. The van der Waals surface area contributed by atoms with Gasteiger partial charge in [0, 0.05) is 25.2 Å². The van der Waals surface area contributed by atoms with Gasteiger partial charge in [-0.05, 0) is 63.1 Å². The van der Waals surface area contributed by atoms with Crippen LogP contribution in [0.2, 0.25) is 0 Å². The number of alkyl carbamates (subject to hydrolysis) is 1. The number of carbonyl (C=O) groups is 2. The Labute approximate surface area is 157 Å². The average Bonchev–Trinajstić information content (AvgIpc) is 2.55. The zero-order chi connectivity index (χ0) is 19.3. The molecule has 0 aromatic heterocycles. The molecule has 0 saturated heterocycles. The van der Waals surface area contributed by atoms with Crippen molar-refractivity contribution in [2.45, 2.75) is 71.8 Å². The number of carbonyl (C=O) groups excluding carboxylic acids is 2. The number of nitrogens with one attached hydrogen (secondary N) is 1. The van der Waals surface area contributed by atoms with Crippen molar-refractivity contribution in [1.82, 2.24) is 5.32 Å². The Morgan fingerprint density at radius 1 is 1.27 bits per heavy atom. The monoisotopic (exact) mass is 360 g/mol. The lowest BCUT2D eigenvalue weighted by molar-refractivity contribution is -0.118. The van der Waals surface area contributed by atoms with Crippen LogP contribution in [0.25, 0.3) is 0 Å². The van der Waals surface area contributed by atoms with Crippen molar-refractivity contribution in [3.8, 4) is 0 Å². The van der Waals surface area contributed by atoms with E-state index >= 15 is 0 Å². The van der Waals surface area contributed by atoms with Crippen molar-refractivity contribution in [2.24, 2.45) is 0 Å². The van der Waals surface area contributed by atoms with Gasteiger partial charge in [0.15, 0.2) is 0 Å². The molecule has 144 valence electrons. The molecule has 2 rings (SSSR count). The second-order valence-corrected chi connectivity index (χ2v) is 8.22. The molecule has 0 bridgehead atoms. The van der Waals surface area contributed by atoms with E-state index in [1.165, 1.54) is 11.1 Å². The number of fused-ring (bicyclic) bond motifs is 1. The lowest BCUT2D eigenvalue weighted by atomic mass is 9.94. The number of benzene rings is 1. The minimum Gasteiger partial charge on any atom is -0.444 e. The van der Waals surface area contributed by atoms with Gasteiger partial charge in [0.1, 0.15) is 5.60 Å². The molecule has 0 saturated carbocycles. The number of rotatable bonds is 5. The van der Waals surface area contributed by atoms with Crippen LogP contribution in [0, 0.1) is 0 Å². The third kappa shape index (κ3) is 5.75. The average molecular weight is 360 g/mol. The Morgan fingerprint density at radius 3 is 2.65 bits per heavy atom. The van der Waals surface area contributed by atoms with E-state index in [0.717, 1.165) is 25.1 Å². The van der Waals surface area contributed by atoms with Gasteiger partial charge in [-0.25, -0.2) is 4.79 Å². The summed E-state index contributed by atoms with van der Waals surface area (Å²) in [7, 11) is 0. The molecule has 0 atom stereocenters. The zero-order valence-corrected chi connectivity index (χ0v) is 16.7. The Bertz CT molecular complexity index is 647. The van der Waals surface area contributed by atoms with E-state index in [-0.39, 0.29) is 5.91 Å². The highest BCUT2D eigenvalue weighted by molar-refractivity contribution is 5.94. The van der Waals surface area contributed by atoms with Gasteiger partial charge >= 0.3 is 6.09 Å². The number of hydrogen-bond acceptors (Lipinski definition) is 3. The Kier molecular flexibility index (Phi) is 6.68. The standard InChI is InChI=1S/C21H32N2O3/c1-15(2)16-10-11-18-17(14-16)8-7-13-23(18)19(24)9-6-12-22-20(25)26-21(3,4)5/h10-11,14-15H,6-9,12-13H2,1-5H3,(H,22,25).